The first kappa shape index (κ1) is 20.9. The van der Waals surface area contributed by atoms with Crippen molar-refractivity contribution in [2.45, 2.75) is 12.5 Å². The molecule has 0 radical (unpaired) electrons. The van der Waals surface area contributed by atoms with Crippen molar-refractivity contribution in [1.82, 2.24) is 10.6 Å². The van der Waals surface area contributed by atoms with Gasteiger partial charge in [0.1, 0.15) is 17.7 Å². The number of benzene rings is 2. The summed E-state index contributed by atoms with van der Waals surface area (Å²) in [6, 6.07) is 13.6. The van der Waals surface area contributed by atoms with E-state index in [9.17, 15) is 9.18 Å². The molecule has 27 heavy (non-hydrogen) atoms. The maximum atomic E-state index is 12.9. The highest BCUT2D eigenvalue weighted by molar-refractivity contribution is 14.0. The summed E-state index contributed by atoms with van der Waals surface area (Å²) in [6.07, 6.45) is 0.865. The molecule has 0 fully saturated rings. The number of para-hydroxylation sites is 1. The molecule has 0 saturated carbocycles. The van der Waals surface area contributed by atoms with E-state index < -0.39 is 0 Å². The maximum absolute atomic E-state index is 12.9. The number of hydrogen-bond donors (Lipinski definition) is 3. The van der Waals surface area contributed by atoms with Gasteiger partial charge in [-0.1, -0.05) is 18.2 Å². The Bertz CT molecular complexity index is 774. The molecule has 2 aromatic rings. The third-order valence-electron chi connectivity index (χ3n) is 3.98. The molecule has 0 aromatic heterocycles. The number of aliphatic imine (C=N–C) groups is 1. The van der Waals surface area contributed by atoms with Crippen molar-refractivity contribution in [3.8, 4) is 5.75 Å². The summed E-state index contributed by atoms with van der Waals surface area (Å²) in [5.74, 6) is 0.839. The number of halogens is 2. The minimum atomic E-state index is -0.345. The van der Waals surface area contributed by atoms with Gasteiger partial charge in [0, 0.05) is 19.2 Å². The molecule has 144 valence electrons. The molecule has 0 spiro atoms. The van der Waals surface area contributed by atoms with Gasteiger partial charge < -0.3 is 20.7 Å². The van der Waals surface area contributed by atoms with Gasteiger partial charge in [0.05, 0.1) is 13.1 Å². The highest BCUT2D eigenvalue weighted by Crippen LogP contribution is 2.27. The topological polar surface area (TPSA) is 74.8 Å². The standard InChI is InChI=1S/C19H21FN4O2.HI/c1-21-19(22-11-16-10-13-4-2-3-5-17(13)26-16)23-12-18(25)24-15-8-6-14(20)7-9-15;/h2-9,16H,10-12H2,1H3,(H,24,25)(H2,21,22,23);1H. The Morgan fingerprint density at radius 3 is 2.63 bits per heavy atom. The van der Waals surface area contributed by atoms with Crippen LogP contribution < -0.4 is 20.7 Å². The zero-order chi connectivity index (χ0) is 18.4. The van der Waals surface area contributed by atoms with Crippen LogP contribution in [0.2, 0.25) is 0 Å². The Balaban J connectivity index is 0.00000261. The van der Waals surface area contributed by atoms with E-state index in [-0.39, 0.29) is 48.3 Å². The summed E-state index contributed by atoms with van der Waals surface area (Å²) in [4.78, 5) is 16.1. The molecule has 0 saturated heterocycles. The number of carbonyl (C=O) groups excluding carboxylic acids is 1. The minimum Gasteiger partial charge on any atom is -0.488 e. The van der Waals surface area contributed by atoms with Gasteiger partial charge in [0.25, 0.3) is 0 Å². The molecule has 2 aromatic carbocycles. The normalized spacial score (nSPS) is 15.2. The summed E-state index contributed by atoms with van der Waals surface area (Å²) in [5.41, 5.74) is 1.74. The maximum Gasteiger partial charge on any atom is 0.243 e. The average Bonchev–Trinajstić information content (AvgIpc) is 3.06. The zero-order valence-corrected chi connectivity index (χ0v) is 17.2. The van der Waals surface area contributed by atoms with Crippen molar-refractivity contribution in [3.63, 3.8) is 0 Å². The Kier molecular flexibility index (Phi) is 7.83. The lowest BCUT2D eigenvalue weighted by Crippen LogP contribution is -2.44. The van der Waals surface area contributed by atoms with E-state index in [1.165, 1.54) is 29.8 Å². The summed E-state index contributed by atoms with van der Waals surface area (Å²) >= 11 is 0. The van der Waals surface area contributed by atoms with E-state index >= 15 is 0 Å². The van der Waals surface area contributed by atoms with Crippen LogP contribution in [0.4, 0.5) is 10.1 Å². The van der Waals surface area contributed by atoms with Crippen molar-refractivity contribution < 1.29 is 13.9 Å². The van der Waals surface area contributed by atoms with Gasteiger partial charge >= 0.3 is 0 Å². The lowest BCUT2D eigenvalue weighted by atomic mass is 10.1. The number of guanidine groups is 1. The van der Waals surface area contributed by atoms with Crippen LogP contribution in [0.3, 0.4) is 0 Å². The number of anilines is 1. The molecule has 0 bridgehead atoms. The number of carbonyl (C=O) groups is 1. The lowest BCUT2D eigenvalue weighted by molar-refractivity contribution is -0.115. The monoisotopic (exact) mass is 484 g/mol. The number of ether oxygens (including phenoxy) is 1. The molecule has 1 heterocycles. The molecule has 3 N–H and O–H groups in total. The quantitative estimate of drug-likeness (QED) is 0.347. The van der Waals surface area contributed by atoms with E-state index in [1.807, 2.05) is 18.2 Å². The van der Waals surface area contributed by atoms with E-state index in [1.54, 1.807) is 7.05 Å². The summed E-state index contributed by atoms with van der Waals surface area (Å²) < 4.78 is 18.7. The molecule has 1 aliphatic heterocycles. The molecule has 3 rings (SSSR count). The van der Waals surface area contributed by atoms with Gasteiger partial charge in [-0.15, -0.1) is 24.0 Å². The van der Waals surface area contributed by atoms with Gasteiger partial charge in [-0.3, -0.25) is 9.79 Å². The lowest BCUT2D eigenvalue weighted by Gasteiger charge is -2.15. The summed E-state index contributed by atoms with van der Waals surface area (Å²) in [6.45, 7) is 0.622. The Hall–Kier alpha value is -2.36. The van der Waals surface area contributed by atoms with Crippen LogP contribution in [0.15, 0.2) is 53.5 Å². The molecule has 0 aliphatic carbocycles. The van der Waals surface area contributed by atoms with Gasteiger partial charge in [0.15, 0.2) is 5.96 Å². The SMILES string of the molecule is CN=C(NCC(=O)Nc1ccc(F)cc1)NCC1Cc2ccccc2O1.I. The average molecular weight is 484 g/mol. The van der Waals surface area contributed by atoms with Gasteiger partial charge in [-0.25, -0.2) is 4.39 Å². The predicted molar refractivity (Wildman–Crippen MR) is 114 cm³/mol. The van der Waals surface area contributed by atoms with Crippen LogP contribution in [0, 0.1) is 5.82 Å². The van der Waals surface area contributed by atoms with E-state index in [4.69, 9.17) is 4.74 Å². The van der Waals surface area contributed by atoms with Gasteiger partial charge in [-0.05, 0) is 35.9 Å². The first-order valence-corrected chi connectivity index (χ1v) is 8.38. The van der Waals surface area contributed by atoms with Crippen LogP contribution >= 0.6 is 24.0 Å². The fourth-order valence-corrected chi connectivity index (χ4v) is 2.70. The summed E-state index contributed by atoms with van der Waals surface area (Å²) in [5, 5.41) is 8.78. The van der Waals surface area contributed by atoms with Crippen molar-refractivity contribution in [2.24, 2.45) is 4.99 Å². The van der Waals surface area contributed by atoms with Crippen LogP contribution in [-0.2, 0) is 11.2 Å². The largest absolute Gasteiger partial charge is 0.488 e. The first-order chi connectivity index (χ1) is 12.6. The molecule has 6 nitrogen and oxygen atoms in total. The number of nitrogens with one attached hydrogen (secondary N) is 3. The fraction of sp³-hybridized carbons (Fsp3) is 0.263. The number of amides is 1. The molecule has 1 aliphatic rings. The Labute approximate surface area is 174 Å². The van der Waals surface area contributed by atoms with Crippen molar-refractivity contribution in [2.75, 3.05) is 25.5 Å². The zero-order valence-electron chi connectivity index (χ0n) is 14.9. The molecule has 1 atom stereocenters. The van der Waals surface area contributed by atoms with E-state index in [0.29, 0.717) is 18.2 Å². The summed E-state index contributed by atoms with van der Waals surface area (Å²) in [7, 11) is 1.64. The first-order valence-electron chi connectivity index (χ1n) is 8.38. The van der Waals surface area contributed by atoms with Gasteiger partial charge in [-0.2, -0.15) is 0 Å². The van der Waals surface area contributed by atoms with Crippen LogP contribution in [0.25, 0.3) is 0 Å². The third kappa shape index (κ3) is 6.09. The van der Waals surface area contributed by atoms with Crippen molar-refractivity contribution in [3.05, 3.63) is 59.9 Å². The number of fused-ring (bicyclic) bond motifs is 1. The highest BCUT2D eigenvalue weighted by Gasteiger charge is 2.22. The predicted octanol–water partition coefficient (Wildman–Crippen LogP) is 2.55. The van der Waals surface area contributed by atoms with Crippen LogP contribution in [0.5, 0.6) is 5.75 Å². The molecule has 1 unspecified atom stereocenters. The number of hydrogen-bond acceptors (Lipinski definition) is 3. The second-order valence-corrected chi connectivity index (χ2v) is 5.91. The van der Waals surface area contributed by atoms with Crippen molar-refractivity contribution in [1.29, 1.82) is 0 Å². The van der Waals surface area contributed by atoms with Crippen LogP contribution in [0.1, 0.15) is 5.56 Å². The second-order valence-electron chi connectivity index (χ2n) is 5.91. The molecule has 8 heteroatoms. The Morgan fingerprint density at radius 1 is 1.19 bits per heavy atom. The third-order valence-corrected chi connectivity index (χ3v) is 3.98. The smallest absolute Gasteiger partial charge is 0.243 e. The molecular weight excluding hydrogens is 462 g/mol. The van der Waals surface area contributed by atoms with E-state index in [0.717, 1.165) is 12.2 Å². The van der Waals surface area contributed by atoms with Crippen molar-refractivity contribution >= 4 is 41.5 Å². The Morgan fingerprint density at radius 2 is 1.93 bits per heavy atom. The fourth-order valence-electron chi connectivity index (χ4n) is 2.70. The van der Waals surface area contributed by atoms with Crippen LogP contribution in [-0.4, -0.2) is 38.1 Å². The number of nitrogens with zero attached hydrogens (tertiary/aromatic N) is 1. The minimum absolute atomic E-state index is 0. The molecule has 1 amide bonds. The second kappa shape index (κ2) is 10.1. The number of rotatable bonds is 5. The highest BCUT2D eigenvalue weighted by atomic mass is 127. The van der Waals surface area contributed by atoms with Gasteiger partial charge in [0.2, 0.25) is 5.91 Å². The van der Waals surface area contributed by atoms with E-state index in [2.05, 4.69) is 27.0 Å². The molecular formula is C19H22FIN4O2.